The Balaban J connectivity index is 1.82. The molecule has 1 atom stereocenters. The number of ether oxygens (including phenoxy) is 1. The van der Waals surface area contributed by atoms with Crippen LogP contribution in [-0.2, 0) is 15.7 Å². The smallest absolute Gasteiger partial charge is 0.433 e. The first-order valence-electron chi connectivity index (χ1n) is 6.34. The van der Waals surface area contributed by atoms with Gasteiger partial charge in [0.1, 0.15) is 11.6 Å². The largest absolute Gasteiger partial charge is 0.468 e. The van der Waals surface area contributed by atoms with Crippen molar-refractivity contribution in [2.24, 2.45) is 0 Å². The fraction of sp³-hybridized carbons (Fsp3) is 0.385. The van der Waals surface area contributed by atoms with E-state index in [1.807, 2.05) is 0 Å². The van der Waals surface area contributed by atoms with Crippen LogP contribution in [0.5, 0.6) is 0 Å². The van der Waals surface area contributed by atoms with Crippen LogP contribution in [0, 0.1) is 0 Å². The van der Waals surface area contributed by atoms with Crippen molar-refractivity contribution in [1.82, 2.24) is 4.98 Å². The number of carbonyl (C=O) groups is 1. The first-order chi connectivity index (χ1) is 9.93. The molecule has 1 aromatic heterocycles. The molecule has 1 aromatic carbocycles. The lowest BCUT2D eigenvalue weighted by Gasteiger charge is -2.09. The molecule has 1 fully saturated rings. The Kier molecular flexibility index (Phi) is 3.32. The fourth-order valence-corrected chi connectivity index (χ4v) is 2.13. The van der Waals surface area contributed by atoms with Crippen LogP contribution in [-0.4, -0.2) is 23.6 Å². The van der Waals surface area contributed by atoms with E-state index in [1.165, 1.54) is 18.2 Å². The summed E-state index contributed by atoms with van der Waals surface area (Å²) in [6.45, 7) is 0.536. The molecule has 1 N–H and O–H groups in total. The highest BCUT2D eigenvalue weighted by atomic mass is 19.4. The van der Waals surface area contributed by atoms with Gasteiger partial charge in [-0.3, -0.25) is 4.79 Å². The summed E-state index contributed by atoms with van der Waals surface area (Å²) in [6.07, 6.45) is -3.70. The lowest BCUT2D eigenvalue weighted by Crippen LogP contribution is -2.26. The molecule has 1 aliphatic rings. The number of benzene rings is 1. The summed E-state index contributed by atoms with van der Waals surface area (Å²) in [5, 5.41) is 2.59. The minimum Gasteiger partial charge on any atom is -0.433 e. The first kappa shape index (κ1) is 13.9. The van der Waals surface area contributed by atoms with Crippen molar-refractivity contribution < 1.29 is 27.1 Å². The molecule has 2 heterocycles. The topological polar surface area (TPSA) is 64.4 Å². The number of hydrogen-bond donors (Lipinski definition) is 1. The van der Waals surface area contributed by atoms with E-state index in [0.29, 0.717) is 18.7 Å². The number of rotatable bonds is 2. The number of amides is 1. The zero-order valence-electron chi connectivity index (χ0n) is 10.7. The van der Waals surface area contributed by atoms with E-state index in [1.54, 1.807) is 0 Å². The van der Waals surface area contributed by atoms with Gasteiger partial charge in [0.2, 0.25) is 0 Å². The molecular weight excluding hydrogens is 289 g/mol. The highest BCUT2D eigenvalue weighted by molar-refractivity contribution is 5.95. The second-order valence-corrected chi connectivity index (χ2v) is 4.69. The summed E-state index contributed by atoms with van der Waals surface area (Å²) in [5.74, 6) is -1.62. The molecule has 1 amide bonds. The summed E-state index contributed by atoms with van der Waals surface area (Å²) < 4.78 is 47.4. The van der Waals surface area contributed by atoms with E-state index in [0.717, 1.165) is 6.42 Å². The molecule has 2 aromatic rings. The Morgan fingerprint density at radius 2 is 2.19 bits per heavy atom. The standard InChI is InChI=1S/C13H11F3N2O3/c14-13(15,16)12-18-8-4-3-7(6-10(8)21-12)17-11(19)9-2-1-5-20-9/h3-4,6,9H,1-2,5H2,(H,17,19)/t9-/m1/s1. The van der Waals surface area contributed by atoms with Crippen molar-refractivity contribution >= 4 is 22.7 Å². The van der Waals surface area contributed by atoms with Crippen LogP contribution < -0.4 is 5.32 Å². The number of nitrogens with one attached hydrogen (secondary N) is 1. The third-order valence-corrected chi connectivity index (χ3v) is 3.12. The summed E-state index contributed by atoms with van der Waals surface area (Å²) in [4.78, 5) is 15.2. The van der Waals surface area contributed by atoms with Crippen LogP contribution >= 0.6 is 0 Å². The minimum absolute atomic E-state index is 0.0348. The molecule has 0 unspecified atom stereocenters. The predicted molar refractivity (Wildman–Crippen MR) is 66.6 cm³/mol. The number of fused-ring (bicyclic) bond motifs is 1. The van der Waals surface area contributed by atoms with Crippen molar-refractivity contribution in [3.05, 3.63) is 24.1 Å². The van der Waals surface area contributed by atoms with E-state index < -0.39 is 18.2 Å². The van der Waals surface area contributed by atoms with Gasteiger partial charge in [0, 0.05) is 18.4 Å². The fourth-order valence-electron chi connectivity index (χ4n) is 2.13. The normalized spacial score (nSPS) is 19.1. The number of hydrogen-bond acceptors (Lipinski definition) is 4. The number of oxazole rings is 1. The number of carbonyl (C=O) groups excluding carboxylic acids is 1. The minimum atomic E-state index is -4.64. The quantitative estimate of drug-likeness (QED) is 0.926. The van der Waals surface area contributed by atoms with Crippen LogP contribution in [0.25, 0.3) is 11.1 Å². The summed E-state index contributed by atoms with van der Waals surface area (Å²) in [7, 11) is 0. The maximum Gasteiger partial charge on any atom is 0.468 e. The zero-order chi connectivity index (χ0) is 15.0. The van der Waals surface area contributed by atoms with Crippen molar-refractivity contribution in [2.75, 3.05) is 11.9 Å². The molecule has 8 heteroatoms. The van der Waals surface area contributed by atoms with Gasteiger partial charge in [-0.25, -0.2) is 4.98 Å². The highest BCUT2D eigenvalue weighted by Crippen LogP contribution is 2.32. The second kappa shape index (κ2) is 5.03. The van der Waals surface area contributed by atoms with Crippen LogP contribution in [0.3, 0.4) is 0 Å². The average molecular weight is 300 g/mol. The van der Waals surface area contributed by atoms with Gasteiger partial charge in [-0.2, -0.15) is 13.2 Å². The molecular formula is C13H11F3N2O3. The maximum atomic E-state index is 12.5. The third-order valence-electron chi connectivity index (χ3n) is 3.12. The highest BCUT2D eigenvalue weighted by Gasteiger charge is 2.37. The number of halogens is 3. The van der Waals surface area contributed by atoms with Crippen molar-refractivity contribution in [1.29, 1.82) is 0 Å². The van der Waals surface area contributed by atoms with Crippen molar-refractivity contribution in [3.63, 3.8) is 0 Å². The van der Waals surface area contributed by atoms with E-state index in [-0.39, 0.29) is 17.0 Å². The molecule has 21 heavy (non-hydrogen) atoms. The lowest BCUT2D eigenvalue weighted by atomic mass is 10.2. The van der Waals surface area contributed by atoms with Crippen LogP contribution in [0.2, 0.25) is 0 Å². The van der Waals surface area contributed by atoms with Crippen LogP contribution in [0.15, 0.2) is 22.6 Å². The van der Waals surface area contributed by atoms with E-state index in [9.17, 15) is 18.0 Å². The van der Waals surface area contributed by atoms with Gasteiger partial charge in [-0.05, 0) is 25.0 Å². The van der Waals surface area contributed by atoms with E-state index >= 15 is 0 Å². The van der Waals surface area contributed by atoms with Gasteiger partial charge in [-0.15, -0.1) is 0 Å². The van der Waals surface area contributed by atoms with Gasteiger partial charge < -0.3 is 14.5 Å². The predicted octanol–water partition coefficient (Wildman–Crippen LogP) is 2.96. The Morgan fingerprint density at radius 1 is 1.38 bits per heavy atom. The SMILES string of the molecule is O=C(Nc1ccc2nc(C(F)(F)F)oc2c1)[C@H]1CCCO1. The Hall–Kier alpha value is -2.09. The molecule has 1 saturated heterocycles. The first-order valence-corrected chi connectivity index (χ1v) is 6.34. The number of aromatic nitrogens is 1. The molecule has 0 radical (unpaired) electrons. The van der Waals surface area contributed by atoms with Crippen molar-refractivity contribution in [2.45, 2.75) is 25.1 Å². The molecule has 0 saturated carbocycles. The molecule has 0 spiro atoms. The van der Waals surface area contributed by atoms with Gasteiger partial charge in [0.25, 0.3) is 5.91 Å². The molecule has 1 aliphatic heterocycles. The van der Waals surface area contributed by atoms with Crippen LogP contribution in [0.4, 0.5) is 18.9 Å². The molecule has 0 bridgehead atoms. The van der Waals surface area contributed by atoms with Gasteiger partial charge >= 0.3 is 12.1 Å². The zero-order valence-corrected chi connectivity index (χ0v) is 10.7. The number of nitrogens with zero attached hydrogens (tertiary/aromatic N) is 1. The second-order valence-electron chi connectivity index (χ2n) is 4.69. The molecule has 112 valence electrons. The molecule has 3 rings (SSSR count). The maximum absolute atomic E-state index is 12.5. The van der Waals surface area contributed by atoms with E-state index in [2.05, 4.69) is 14.7 Å². The number of anilines is 1. The van der Waals surface area contributed by atoms with Gasteiger partial charge in [0.15, 0.2) is 5.58 Å². The summed E-state index contributed by atoms with van der Waals surface area (Å²) in [5.41, 5.74) is 0.387. The lowest BCUT2D eigenvalue weighted by molar-refractivity contribution is -0.156. The molecule has 0 aliphatic carbocycles. The summed E-state index contributed by atoms with van der Waals surface area (Å²) >= 11 is 0. The monoisotopic (exact) mass is 300 g/mol. The Labute approximate surface area is 117 Å². The number of alkyl halides is 3. The van der Waals surface area contributed by atoms with E-state index in [4.69, 9.17) is 4.74 Å². The Bertz CT molecular complexity index is 675. The van der Waals surface area contributed by atoms with Gasteiger partial charge in [-0.1, -0.05) is 0 Å². The summed E-state index contributed by atoms with van der Waals surface area (Å²) in [6, 6.07) is 4.14. The van der Waals surface area contributed by atoms with Gasteiger partial charge in [0.05, 0.1) is 0 Å². The third kappa shape index (κ3) is 2.85. The van der Waals surface area contributed by atoms with Crippen LogP contribution in [0.1, 0.15) is 18.7 Å². The Morgan fingerprint density at radius 3 is 2.86 bits per heavy atom. The average Bonchev–Trinajstić information content (AvgIpc) is 3.06. The van der Waals surface area contributed by atoms with Crippen molar-refractivity contribution in [3.8, 4) is 0 Å². The molecule has 5 nitrogen and oxygen atoms in total.